The SMILES string of the molecule is Cc1ccccc1C1(C)NCC(C)(C)CO1. The molecule has 1 atom stereocenters. The van der Waals surface area contributed by atoms with Gasteiger partial charge in [0.2, 0.25) is 0 Å². The molecule has 1 aliphatic rings. The summed E-state index contributed by atoms with van der Waals surface area (Å²) in [5, 5.41) is 3.52. The molecule has 0 bridgehead atoms. The molecule has 1 aliphatic heterocycles. The molecule has 0 aromatic heterocycles. The Labute approximate surface area is 98.0 Å². The van der Waals surface area contributed by atoms with Crippen molar-refractivity contribution in [2.24, 2.45) is 5.41 Å². The van der Waals surface area contributed by atoms with Crippen molar-refractivity contribution in [1.29, 1.82) is 0 Å². The Morgan fingerprint density at radius 1 is 1.19 bits per heavy atom. The number of rotatable bonds is 1. The zero-order valence-corrected chi connectivity index (χ0v) is 10.6. The van der Waals surface area contributed by atoms with Crippen molar-refractivity contribution in [2.75, 3.05) is 13.2 Å². The van der Waals surface area contributed by atoms with Gasteiger partial charge >= 0.3 is 0 Å². The first-order valence-electron chi connectivity index (χ1n) is 5.88. The Kier molecular flexibility index (Phi) is 2.81. The lowest BCUT2D eigenvalue weighted by atomic mass is 9.89. The van der Waals surface area contributed by atoms with Gasteiger partial charge in [-0.25, -0.2) is 0 Å². The van der Waals surface area contributed by atoms with Crippen LogP contribution >= 0.6 is 0 Å². The van der Waals surface area contributed by atoms with E-state index < -0.39 is 0 Å². The van der Waals surface area contributed by atoms with Gasteiger partial charge in [-0.2, -0.15) is 0 Å². The minimum Gasteiger partial charge on any atom is -0.356 e. The molecule has 2 rings (SSSR count). The number of nitrogens with one attached hydrogen (secondary N) is 1. The zero-order chi connectivity index (χ0) is 11.8. The maximum Gasteiger partial charge on any atom is 0.142 e. The minimum atomic E-state index is -0.332. The monoisotopic (exact) mass is 219 g/mol. The van der Waals surface area contributed by atoms with Gasteiger partial charge in [0, 0.05) is 17.5 Å². The maximum atomic E-state index is 6.04. The van der Waals surface area contributed by atoms with Crippen molar-refractivity contribution in [3.05, 3.63) is 35.4 Å². The molecule has 1 unspecified atom stereocenters. The first-order chi connectivity index (χ1) is 7.43. The van der Waals surface area contributed by atoms with Crippen molar-refractivity contribution in [1.82, 2.24) is 5.32 Å². The maximum absolute atomic E-state index is 6.04. The fourth-order valence-electron chi connectivity index (χ4n) is 2.13. The lowest BCUT2D eigenvalue weighted by molar-refractivity contribution is -0.132. The molecule has 1 aromatic carbocycles. The fourth-order valence-corrected chi connectivity index (χ4v) is 2.13. The fraction of sp³-hybridized carbons (Fsp3) is 0.571. The van der Waals surface area contributed by atoms with Crippen LogP contribution in [0.15, 0.2) is 24.3 Å². The van der Waals surface area contributed by atoms with E-state index in [0.29, 0.717) is 0 Å². The van der Waals surface area contributed by atoms with Crippen LogP contribution in [0, 0.1) is 12.3 Å². The summed E-state index contributed by atoms with van der Waals surface area (Å²) < 4.78 is 6.04. The average molecular weight is 219 g/mol. The van der Waals surface area contributed by atoms with E-state index in [0.717, 1.165) is 13.2 Å². The highest BCUT2D eigenvalue weighted by Crippen LogP contribution is 2.32. The Bertz CT molecular complexity index is 374. The second-order valence-electron chi connectivity index (χ2n) is 5.65. The topological polar surface area (TPSA) is 21.3 Å². The summed E-state index contributed by atoms with van der Waals surface area (Å²) in [4.78, 5) is 0. The number of hydrogen-bond donors (Lipinski definition) is 1. The van der Waals surface area contributed by atoms with Gasteiger partial charge in [-0.15, -0.1) is 0 Å². The molecule has 1 heterocycles. The molecule has 0 amide bonds. The molecule has 16 heavy (non-hydrogen) atoms. The molecule has 1 N–H and O–H groups in total. The quantitative estimate of drug-likeness (QED) is 0.784. The summed E-state index contributed by atoms with van der Waals surface area (Å²) in [5.41, 5.74) is 2.41. The van der Waals surface area contributed by atoms with Crippen molar-refractivity contribution in [3.8, 4) is 0 Å². The summed E-state index contributed by atoms with van der Waals surface area (Å²) in [6.07, 6.45) is 0. The average Bonchev–Trinajstić information content (AvgIpc) is 2.24. The normalized spacial score (nSPS) is 29.0. The van der Waals surface area contributed by atoms with E-state index in [1.165, 1.54) is 11.1 Å². The molecule has 0 radical (unpaired) electrons. The molecule has 0 aliphatic carbocycles. The van der Waals surface area contributed by atoms with Crippen molar-refractivity contribution in [3.63, 3.8) is 0 Å². The third-order valence-corrected chi connectivity index (χ3v) is 3.31. The highest BCUT2D eigenvalue weighted by atomic mass is 16.5. The van der Waals surface area contributed by atoms with Crippen LogP contribution in [0.5, 0.6) is 0 Å². The number of ether oxygens (including phenoxy) is 1. The first-order valence-corrected chi connectivity index (χ1v) is 5.88. The van der Waals surface area contributed by atoms with Crippen molar-refractivity contribution < 1.29 is 4.74 Å². The molecule has 1 saturated heterocycles. The van der Waals surface area contributed by atoms with E-state index in [2.05, 4.69) is 57.3 Å². The van der Waals surface area contributed by atoms with Gasteiger partial charge in [0.05, 0.1) is 6.61 Å². The molecule has 0 spiro atoms. The van der Waals surface area contributed by atoms with Crippen LogP contribution in [-0.2, 0) is 10.5 Å². The van der Waals surface area contributed by atoms with E-state index in [1.54, 1.807) is 0 Å². The zero-order valence-electron chi connectivity index (χ0n) is 10.6. The van der Waals surface area contributed by atoms with Crippen LogP contribution in [-0.4, -0.2) is 13.2 Å². The molecule has 0 saturated carbocycles. The third kappa shape index (κ3) is 2.13. The minimum absolute atomic E-state index is 0.224. The van der Waals surface area contributed by atoms with Crippen LogP contribution in [0.25, 0.3) is 0 Å². The predicted molar refractivity (Wildman–Crippen MR) is 66.3 cm³/mol. The second kappa shape index (κ2) is 3.86. The lowest BCUT2D eigenvalue weighted by Gasteiger charge is -2.43. The van der Waals surface area contributed by atoms with Gasteiger partial charge in [0.25, 0.3) is 0 Å². The number of benzene rings is 1. The van der Waals surface area contributed by atoms with Gasteiger partial charge in [-0.3, -0.25) is 5.32 Å². The van der Waals surface area contributed by atoms with Crippen LogP contribution in [0.2, 0.25) is 0 Å². The van der Waals surface area contributed by atoms with Crippen LogP contribution in [0.1, 0.15) is 31.9 Å². The van der Waals surface area contributed by atoms with Crippen molar-refractivity contribution >= 4 is 0 Å². The predicted octanol–water partition coefficient (Wildman–Crippen LogP) is 2.81. The third-order valence-electron chi connectivity index (χ3n) is 3.31. The van der Waals surface area contributed by atoms with E-state index in [9.17, 15) is 0 Å². The Balaban J connectivity index is 2.25. The van der Waals surface area contributed by atoms with Crippen LogP contribution in [0.4, 0.5) is 0 Å². The summed E-state index contributed by atoms with van der Waals surface area (Å²) in [5.74, 6) is 0. The highest BCUT2D eigenvalue weighted by molar-refractivity contribution is 5.30. The summed E-state index contributed by atoms with van der Waals surface area (Å²) in [7, 11) is 0. The first kappa shape index (κ1) is 11.6. The smallest absolute Gasteiger partial charge is 0.142 e. The van der Waals surface area contributed by atoms with Crippen LogP contribution < -0.4 is 5.32 Å². The summed E-state index contributed by atoms with van der Waals surface area (Å²) in [6.45, 7) is 10.5. The highest BCUT2D eigenvalue weighted by Gasteiger charge is 2.37. The Hall–Kier alpha value is -0.860. The van der Waals surface area contributed by atoms with Gasteiger partial charge in [-0.1, -0.05) is 38.1 Å². The molecule has 2 nitrogen and oxygen atoms in total. The number of hydrogen-bond acceptors (Lipinski definition) is 2. The Morgan fingerprint density at radius 2 is 1.88 bits per heavy atom. The van der Waals surface area contributed by atoms with Gasteiger partial charge in [-0.05, 0) is 19.4 Å². The van der Waals surface area contributed by atoms with Gasteiger partial charge < -0.3 is 4.74 Å². The number of aryl methyl sites for hydroxylation is 1. The molecular formula is C14H21NO. The van der Waals surface area contributed by atoms with Gasteiger partial charge in [0.1, 0.15) is 5.72 Å². The molecule has 1 aromatic rings. The lowest BCUT2D eigenvalue weighted by Crippen LogP contribution is -2.54. The van der Waals surface area contributed by atoms with Crippen LogP contribution in [0.3, 0.4) is 0 Å². The molecule has 88 valence electrons. The van der Waals surface area contributed by atoms with Gasteiger partial charge in [0.15, 0.2) is 0 Å². The molecule has 2 heteroatoms. The van der Waals surface area contributed by atoms with E-state index in [4.69, 9.17) is 4.74 Å². The second-order valence-corrected chi connectivity index (χ2v) is 5.65. The van der Waals surface area contributed by atoms with E-state index >= 15 is 0 Å². The molecule has 1 fully saturated rings. The van der Waals surface area contributed by atoms with Crippen molar-refractivity contribution in [2.45, 2.75) is 33.4 Å². The molecular weight excluding hydrogens is 198 g/mol. The standard InChI is InChI=1S/C14H21NO/c1-11-7-5-6-8-12(11)14(4)15-9-13(2,3)10-16-14/h5-8,15H,9-10H2,1-4H3. The van der Waals surface area contributed by atoms with E-state index in [-0.39, 0.29) is 11.1 Å². The van der Waals surface area contributed by atoms with E-state index in [1.807, 2.05) is 0 Å². The summed E-state index contributed by atoms with van der Waals surface area (Å²) in [6, 6.07) is 8.40. The Morgan fingerprint density at radius 3 is 2.44 bits per heavy atom. The summed E-state index contributed by atoms with van der Waals surface area (Å²) >= 11 is 0. The largest absolute Gasteiger partial charge is 0.356 e.